The minimum atomic E-state index is -3.16. The van der Waals surface area contributed by atoms with Crippen LogP contribution in [0.15, 0.2) is 0 Å². The van der Waals surface area contributed by atoms with Crippen LogP contribution in [-0.2, 0) is 10.0 Å². The summed E-state index contributed by atoms with van der Waals surface area (Å²) in [5, 5.41) is 0. The smallest absolute Gasteiger partial charge is 0.209 e. The molecule has 1 saturated heterocycles. The minimum absolute atomic E-state index is 0.369. The summed E-state index contributed by atoms with van der Waals surface area (Å²) in [6, 6.07) is 0. The minimum Gasteiger partial charge on any atom is -0.329 e. The fraction of sp³-hybridized carbons (Fsp3) is 1.00. The molecule has 6 heteroatoms. The maximum Gasteiger partial charge on any atom is 0.209 e. The fourth-order valence-corrected chi connectivity index (χ4v) is 2.86. The van der Waals surface area contributed by atoms with Gasteiger partial charge in [0.25, 0.3) is 0 Å². The molecule has 0 aromatic carbocycles. The van der Waals surface area contributed by atoms with Crippen molar-refractivity contribution in [2.24, 2.45) is 5.73 Å². The molecule has 0 amide bonds. The third-order valence-corrected chi connectivity index (χ3v) is 3.54. The Morgan fingerprint density at radius 1 is 1.43 bits per heavy atom. The van der Waals surface area contributed by atoms with E-state index in [1.54, 1.807) is 0 Å². The summed E-state index contributed by atoms with van der Waals surface area (Å²) < 4.78 is 25.0. The first kappa shape index (κ1) is 11.9. The van der Waals surface area contributed by atoms with E-state index in [1.807, 2.05) is 7.05 Å². The van der Waals surface area contributed by atoms with E-state index in [0.717, 1.165) is 25.9 Å². The molecule has 5 nitrogen and oxygen atoms in total. The number of piperidine rings is 1. The van der Waals surface area contributed by atoms with Crippen molar-refractivity contribution in [2.75, 3.05) is 32.9 Å². The summed E-state index contributed by atoms with van der Waals surface area (Å²) in [7, 11) is -1.13. The van der Waals surface area contributed by atoms with Crippen LogP contribution in [-0.4, -0.2) is 51.8 Å². The van der Waals surface area contributed by atoms with E-state index in [4.69, 9.17) is 5.73 Å². The lowest BCUT2D eigenvalue weighted by atomic mass is 9.89. The Hall–Kier alpha value is -0.170. The summed E-state index contributed by atoms with van der Waals surface area (Å²) in [5.74, 6) is 0. The van der Waals surface area contributed by atoms with Gasteiger partial charge in [-0.25, -0.2) is 13.1 Å². The number of hydrogen-bond donors (Lipinski definition) is 2. The van der Waals surface area contributed by atoms with Gasteiger partial charge in [0.2, 0.25) is 10.0 Å². The molecule has 14 heavy (non-hydrogen) atoms. The van der Waals surface area contributed by atoms with Gasteiger partial charge in [0.05, 0.1) is 6.26 Å². The van der Waals surface area contributed by atoms with Crippen molar-refractivity contribution in [1.29, 1.82) is 0 Å². The summed E-state index contributed by atoms with van der Waals surface area (Å²) in [5.41, 5.74) is 5.23. The molecule has 1 aliphatic heterocycles. The van der Waals surface area contributed by atoms with Crippen LogP contribution in [0.2, 0.25) is 0 Å². The Kier molecular flexibility index (Phi) is 3.52. The Morgan fingerprint density at radius 3 is 2.29 bits per heavy atom. The summed E-state index contributed by atoms with van der Waals surface area (Å²) in [6.45, 7) is 2.15. The molecular formula is C8H19N3O2S. The van der Waals surface area contributed by atoms with Crippen molar-refractivity contribution >= 4 is 10.0 Å². The van der Waals surface area contributed by atoms with Crippen molar-refractivity contribution in [3.8, 4) is 0 Å². The topological polar surface area (TPSA) is 75.4 Å². The summed E-state index contributed by atoms with van der Waals surface area (Å²) >= 11 is 0. The second-order valence-electron chi connectivity index (χ2n) is 4.16. The zero-order valence-corrected chi connectivity index (χ0v) is 9.60. The van der Waals surface area contributed by atoms with Gasteiger partial charge in [0, 0.05) is 12.1 Å². The molecule has 0 unspecified atom stereocenters. The van der Waals surface area contributed by atoms with E-state index in [1.165, 1.54) is 6.26 Å². The molecule has 0 aromatic rings. The largest absolute Gasteiger partial charge is 0.329 e. The van der Waals surface area contributed by atoms with Crippen molar-refractivity contribution < 1.29 is 8.42 Å². The highest BCUT2D eigenvalue weighted by Crippen LogP contribution is 2.20. The van der Waals surface area contributed by atoms with Gasteiger partial charge in [0.1, 0.15) is 0 Å². The monoisotopic (exact) mass is 221 g/mol. The van der Waals surface area contributed by atoms with Crippen LogP contribution >= 0.6 is 0 Å². The fourth-order valence-electron chi connectivity index (χ4n) is 1.79. The third-order valence-electron chi connectivity index (χ3n) is 2.74. The predicted octanol–water partition coefficient (Wildman–Crippen LogP) is -1.04. The van der Waals surface area contributed by atoms with Crippen molar-refractivity contribution in [2.45, 2.75) is 18.4 Å². The molecule has 0 atom stereocenters. The van der Waals surface area contributed by atoms with E-state index in [9.17, 15) is 8.42 Å². The van der Waals surface area contributed by atoms with Crippen LogP contribution in [0, 0.1) is 0 Å². The Labute approximate surface area is 85.7 Å². The highest BCUT2D eigenvalue weighted by atomic mass is 32.2. The molecule has 0 aliphatic carbocycles. The lowest BCUT2D eigenvalue weighted by Crippen LogP contribution is -2.58. The first-order chi connectivity index (χ1) is 6.37. The molecule has 0 bridgehead atoms. The van der Waals surface area contributed by atoms with Crippen LogP contribution in [0.5, 0.6) is 0 Å². The number of sulfonamides is 1. The normalized spacial score (nSPS) is 23.6. The SMILES string of the molecule is CN1CCC(CN)(NS(C)(=O)=O)CC1. The quantitative estimate of drug-likeness (QED) is 0.638. The number of likely N-dealkylation sites (tertiary alicyclic amines) is 1. The summed E-state index contributed by atoms with van der Waals surface area (Å²) in [6.07, 6.45) is 2.75. The zero-order chi connectivity index (χ0) is 10.8. The molecule has 1 heterocycles. The average molecular weight is 221 g/mol. The second-order valence-corrected chi connectivity index (χ2v) is 5.91. The molecule has 0 aromatic heterocycles. The zero-order valence-electron chi connectivity index (χ0n) is 8.78. The van der Waals surface area contributed by atoms with Gasteiger partial charge < -0.3 is 10.6 Å². The van der Waals surface area contributed by atoms with Crippen LogP contribution < -0.4 is 10.5 Å². The van der Waals surface area contributed by atoms with Gasteiger partial charge >= 0.3 is 0 Å². The lowest BCUT2D eigenvalue weighted by Gasteiger charge is -2.39. The molecule has 0 radical (unpaired) electrons. The van der Waals surface area contributed by atoms with Crippen LogP contribution in [0.25, 0.3) is 0 Å². The van der Waals surface area contributed by atoms with Gasteiger partial charge in [-0.15, -0.1) is 0 Å². The number of nitrogens with two attached hydrogens (primary N) is 1. The molecule has 1 fully saturated rings. The molecule has 84 valence electrons. The predicted molar refractivity (Wildman–Crippen MR) is 56.5 cm³/mol. The van der Waals surface area contributed by atoms with Gasteiger partial charge in [-0.2, -0.15) is 0 Å². The third kappa shape index (κ3) is 3.20. The van der Waals surface area contributed by atoms with Crippen LogP contribution in [0.4, 0.5) is 0 Å². The lowest BCUT2D eigenvalue weighted by molar-refractivity contribution is 0.182. The van der Waals surface area contributed by atoms with Crippen molar-refractivity contribution in [3.05, 3.63) is 0 Å². The molecule has 3 N–H and O–H groups in total. The number of hydrogen-bond acceptors (Lipinski definition) is 4. The van der Waals surface area contributed by atoms with Crippen LogP contribution in [0.1, 0.15) is 12.8 Å². The highest BCUT2D eigenvalue weighted by Gasteiger charge is 2.34. The Bertz CT molecular complexity index is 281. The molecule has 1 aliphatic rings. The standard InChI is InChI=1S/C8H19N3O2S/c1-11-5-3-8(7-9,4-6-11)10-14(2,12)13/h10H,3-7,9H2,1-2H3. The molecule has 0 spiro atoms. The molecule has 1 rings (SSSR count). The van der Waals surface area contributed by atoms with Gasteiger partial charge in [-0.05, 0) is 33.0 Å². The first-order valence-corrected chi connectivity index (χ1v) is 6.64. The summed E-state index contributed by atoms with van der Waals surface area (Å²) in [4.78, 5) is 2.18. The molecule has 0 saturated carbocycles. The first-order valence-electron chi connectivity index (χ1n) is 4.74. The van der Waals surface area contributed by atoms with Crippen molar-refractivity contribution in [3.63, 3.8) is 0 Å². The van der Waals surface area contributed by atoms with Gasteiger partial charge in [0.15, 0.2) is 0 Å². The highest BCUT2D eigenvalue weighted by molar-refractivity contribution is 7.88. The van der Waals surface area contributed by atoms with Crippen LogP contribution in [0.3, 0.4) is 0 Å². The Morgan fingerprint density at radius 2 is 1.93 bits per heavy atom. The van der Waals surface area contributed by atoms with E-state index >= 15 is 0 Å². The number of nitrogens with zero attached hydrogens (tertiary/aromatic N) is 1. The Balaban J connectivity index is 2.68. The molecular weight excluding hydrogens is 202 g/mol. The second kappa shape index (κ2) is 4.14. The maximum absolute atomic E-state index is 11.2. The van der Waals surface area contributed by atoms with Gasteiger partial charge in [-0.3, -0.25) is 0 Å². The number of nitrogens with one attached hydrogen (secondary N) is 1. The van der Waals surface area contributed by atoms with Crippen molar-refractivity contribution in [1.82, 2.24) is 9.62 Å². The van der Waals surface area contributed by atoms with E-state index in [2.05, 4.69) is 9.62 Å². The average Bonchev–Trinajstić information content (AvgIpc) is 2.07. The maximum atomic E-state index is 11.2. The van der Waals surface area contributed by atoms with Gasteiger partial charge in [-0.1, -0.05) is 0 Å². The van der Waals surface area contributed by atoms with E-state index in [0.29, 0.717) is 6.54 Å². The van der Waals surface area contributed by atoms with E-state index < -0.39 is 15.6 Å². The number of rotatable bonds is 3. The van der Waals surface area contributed by atoms with E-state index in [-0.39, 0.29) is 0 Å².